The predicted octanol–water partition coefficient (Wildman–Crippen LogP) is 0.593. The molecule has 0 bridgehead atoms. The van der Waals surface area contributed by atoms with E-state index >= 15 is 0 Å². The molecule has 0 aliphatic heterocycles. The van der Waals surface area contributed by atoms with Crippen molar-refractivity contribution in [2.24, 2.45) is 0 Å². The van der Waals surface area contributed by atoms with Gasteiger partial charge in [0.05, 0.1) is 0 Å². The maximum absolute atomic E-state index is 12.3. The second kappa shape index (κ2) is 3.44. The van der Waals surface area contributed by atoms with Crippen LogP contribution >= 0.6 is 0 Å². The van der Waals surface area contributed by atoms with E-state index in [4.69, 9.17) is 10.8 Å². The van der Waals surface area contributed by atoms with Crippen LogP contribution in [-0.4, -0.2) is 16.1 Å². The van der Waals surface area contributed by atoms with E-state index in [1.54, 1.807) is 0 Å². The summed E-state index contributed by atoms with van der Waals surface area (Å²) >= 11 is 0. The number of hydrogen-bond acceptors (Lipinski definition) is 3. The third kappa shape index (κ3) is 1.70. The first kappa shape index (κ1) is 10.2. The normalized spacial score (nSPS) is 10.5. The van der Waals surface area contributed by atoms with Gasteiger partial charge in [-0.3, -0.25) is 4.79 Å². The van der Waals surface area contributed by atoms with Gasteiger partial charge in [0.2, 0.25) is 5.56 Å². The molecule has 1 aromatic heterocycles. The SMILES string of the molecule is Nc1[nH]c(=O)cc(C(F)F)c1C(=O)O. The summed E-state index contributed by atoms with van der Waals surface area (Å²) in [6.45, 7) is 0. The fraction of sp³-hybridized carbons (Fsp3) is 0.143. The van der Waals surface area contributed by atoms with Crippen LogP contribution in [0.1, 0.15) is 22.3 Å². The number of carboxylic acids is 1. The van der Waals surface area contributed by atoms with Gasteiger partial charge in [0.25, 0.3) is 6.43 Å². The van der Waals surface area contributed by atoms with Gasteiger partial charge < -0.3 is 15.8 Å². The number of H-pyrrole nitrogens is 1. The highest BCUT2D eigenvalue weighted by molar-refractivity contribution is 5.94. The number of pyridine rings is 1. The number of carboxylic acid groups (broad SMARTS) is 1. The number of halogens is 2. The summed E-state index contributed by atoms with van der Waals surface area (Å²) in [6, 6.07) is 0.518. The van der Waals surface area contributed by atoms with Crippen LogP contribution < -0.4 is 11.3 Å². The molecule has 76 valence electrons. The van der Waals surface area contributed by atoms with Crippen LogP contribution in [0.2, 0.25) is 0 Å². The number of aromatic nitrogens is 1. The zero-order valence-electron chi connectivity index (χ0n) is 6.75. The van der Waals surface area contributed by atoms with E-state index in [1.165, 1.54) is 0 Å². The molecule has 1 rings (SSSR count). The average molecular weight is 204 g/mol. The van der Waals surface area contributed by atoms with E-state index < -0.39 is 34.9 Å². The van der Waals surface area contributed by atoms with Crippen LogP contribution in [-0.2, 0) is 0 Å². The van der Waals surface area contributed by atoms with Gasteiger partial charge in [-0.1, -0.05) is 0 Å². The molecule has 0 amide bonds. The third-order valence-corrected chi connectivity index (χ3v) is 1.55. The Morgan fingerprint density at radius 1 is 1.57 bits per heavy atom. The Labute approximate surface area is 76.2 Å². The van der Waals surface area contributed by atoms with Crippen molar-refractivity contribution < 1.29 is 18.7 Å². The maximum atomic E-state index is 12.3. The Kier molecular flexibility index (Phi) is 2.50. The zero-order valence-corrected chi connectivity index (χ0v) is 6.75. The molecule has 1 heterocycles. The number of hydrogen-bond donors (Lipinski definition) is 3. The molecule has 0 aliphatic carbocycles. The summed E-state index contributed by atoms with van der Waals surface area (Å²) < 4.78 is 24.6. The fourth-order valence-corrected chi connectivity index (χ4v) is 1.01. The highest BCUT2D eigenvalue weighted by atomic mass is 19.3. The molecule has 7 heteroatoms. The van der Waals surface area contributed by atoms with Crippen molar-refractivity contribution in [1.29, 1.82) is 0 Å². The summed E-state index contributed by atoms with van der Waals surface area (Å²) in [6.07, 6.45) is -3.05. The Bertz CT molecular complexity index is 427. The van der Waals surface area contributed by atoms with E-state index in [-0.39, 0.29) is 0 Å². The zero-order chi connectivity index (χ0) is 10.9. The number of anilines is 1. The van der Waals surface area contributed by atoms with Gasteiger partial charge in [0.1, 0.15) is 11.4 Å². The van der Waals surface area contributed by atoms with Crippen molar-refractivity contribution in [3.63, 3.8) is 0 Å². The minimum atomic E-state index is -3.05. The number of nitrogen functional groups attached to an aromatic ring is 1. The second-order valence-electron chi connectivity index (χ2n) is 2.48. The van der Waals surface area contributed by atoms with Crippen molar-refractivity contribution in [3.05, 3.63) is 27.5 Å². The van der Waals surface area contributed by atoms with Crippen molar-refractivity contribution in [3.8, 4) is 0 Å². The molecule has 5 nitrogen and oxygen atoms in total. The first-order chi connectivity index (χ1) is 6.43. The van der Waals surface area contributed by atoms with Crippen LogP contribution in [0.3, 0.4) is 0 Å². The molecule has 1 aromatic rings. The number of carbonyl (C=O) groups is 1. The van der Waals surface area contributed by atoms with Crippen LogP contribution in [0.25, 0.3) is 0 Å². The molecule has 14 heavy (non-hydrogen) atoms. The molecule has 0 saturated carbocycles. The molecule has 0 atom stereocenters. The van der Waals surface area contributed by atoms with Gasteiger partial charge in [-0.15, -0.1) is 0 Å². The van der Waals surface area contributed by atoms with Crippen LogP contribution in [0.5, 0.6) is 0 Å². The summed E-state index contributed by atoms with van der Waals surface area (Å²) in [4.78, 5) is 23.2. The van der Waals surface area contributed by atoms with Crippen LogP contribution in [0, 0.1) is 0 Å². The van der Waals surface area contributed by atoms with Gasteiger partial charge in [0, 0.05) is 11.6 Å². The van der Waals surface area contributed by atoms with Crippen molar-refractivity contribution in [2.75, 3.05) is 5.73 Å². The molecule has 0 fully saturated rings. The van der Waals surface area contributed by atoms with Gasteiger partial charge in [-0.2, -0.15) is 0 Å². The molecule has 0 radical (unpaired) electrons. The molecule has 0 saturated heterocycles. The summed E-state index contributed by atoms with van der Waals surface area (Å²) in [7, 11) is 0. The maximum Gasteiger partial charge on any atom is 0.339 e. The van der Waals surface area contributed by atoms with E-state index in [0.29, 0.717) is 6.07 Å². The Morgan fingerprint density at radius 3 is 2.57 bits per heavy atom. The van der Waals surface area contributed by atoms with Crippen molar-refractivity contribution in [1.82, 2.24) is 4.98 Å². The minimum absolute atomic E-state index is 0.518. The first-order valence-corrected chi connectivity index (χ1v) is 3.47. The molecular weight excluding hydrogens is 198 g/mol. The smallest absolute Gasteiger partial charge is 0.339 e. The highest BCUT2D eigenvalue weighted by Gasteiger charge is 2.21. The topological polar surface area (TPSA) is 96.2 Å². The highest BCUT2D eigenvalue weighted by Crippen LogP contribution is 2.23. The number of aromatic amines is 1. The quantitative estimate of drug-likeness (QED) is 0.656. The molecule has 0 aromatic carbocycles. The number of nitrogens with two attached hydrogens (primary N) is 1. The molecule has 0 aliphatic rings. The average Bonchev–Trinajstić information content (AvgIpc) is 2.01. The predicted molar refractivity (Wildman–Crippen MR) is 43.4 cm³/mol. The molecule has 4 N–H and O–H groups in total. The lowest BCUT2D eigenvalue weighted by atomic mass is 10.1. The van der Waals surface area contributed by atoms with Crippen molar-refractivity contribution in [2.45, 2.75) is 6.43 Å². The summed E-state index contributed by atoms with van der Waals surface area (Å²) in [5.41, 5.74) is 2.59. The summed E-state index contributed by atoms with van der Waals surface area (Å²) in [5.74, 6) is -2.17. The third-order valence-electron chi connectivity index (χ3n) is 1.55. The summed E-state index contributed by atoms with van der Waals surface area (Å²) in [5, 5.41) is 8.55. The molecule has 0 spiro atoms. The number of aromatic carboxylic acids is 1. The number of rotatable bonds is 2. The second-order valence-corrected chi connectivity index (χ2v) is 2.48. The van der Waals surface area contributed by atoms with E-state index in [9.17, 15) is 18.4 Å². The van der Waals surface area contributed by atoms with Gasteiger partial charge in [-0.25, -0.2) is 13.6 Å². The largest absolute Gasteiger partial charge is 0.478 e. The fourth-order valence-electron chi connectivity index (χ4n) is 1.01. The Morgan fingerprint density at radius 2 is 2.14 bits per heavy atom. The first-order valence-electron chi connectivity index (χ1n) is 3.47. The molecular formula is C7H6F2N2O3. The van der Waals surface area contributed by atoms with E-state index in [0.717, 1.165) is 0 Å². The van der Waals surface area contributed by atoms with E-state index in [1.807, 2.05) is 4.98 Å². The Balaban J connectivity index is 3.52. The van der Waals surface area contributed by atoms with Crippen LogP contribution in [0.4, 0.5) is 14.6 Å². The number of nitrogens with one attached hydrogen (secondary N) is 1. The number of alkyl halides is 2. The lowest BCUT2D eigenvalue weighted by Gasteiger charge is -2.06. The van der Waals surface area contributed by atoms with Gasteiger partial charge in [-0.05, 0) is 0 Å². The van der Waals surface area contributed by atoms with Crippen molar-refractivity contribution >= 4 is 11.8 Å². The van der Waals surface area contributed by atoms with Crippen LogP contribution in [0.15, 0.2) is 10.9 Å². The lowest BCUT2D eigenvalue weighted by Crippen LogP contribution is -2.16. The monoisotopic (exact) mass is 204 g/mol. The lowest BCUT2D eigenvalue weighted by molar-refractivity contribution is 0.0685. The molecule has 0 unspecified atom stereocenters. The standard InChI is InChI=1S/C7H6F2N2O3/c8-5(9)2-1-3(12)11-6(10)4(2)7(13)14/h1,5H,(H,13,14)(H3,10,11,12). The Hall–Kier alpha value is -1.92. The van der Waals surface area contributed by atoms with E-state index in [2.05, 4.69) is 0 Å². The van der Waals surface area contributed by atoms with Gasteiger partial charge >= 0.3 is 5.97 Å². The van der Waals surface area contributed by atoms with Gasteiger partial charge in [0.15, 0.2) is 0 Å². The minimum Gasteiger partial charge on any atom is -0.478 e.